The third-order valence-corrected chi connectivity index (χ3v) is 2.60. The maximum Gasteiger partial charge on any atom is 0.333 e. The van der Waals surface area contributed by atoms with E-state index in [1.807, 2.05) is 32.8 Å². The van der Waals surface area contributed by atoms with Gasteiger partial charge in [0.1, 0.15) is 5.69 Å². The highest BCUT2D eigenvalue weighted by Gasteiger charge is 2.25. The summed E-state index contributed by atoms with van der Waals surface area (Å²) in [6.45, 7) is 6.97. The number of anilines is 1. The van der Waals surface area contributed by atoms with Crippen LogP contribution in [0.2, 0.25) is 0 Å². The van der Waals surface area contributed by atoms with Crippen LogP contribution in [0, 0.1) is 17.0 Å². The summed E-state index contributed by atoms with van der Waals surface area (Å²) in [6, 6.07) is 0.111. The molecule has 1 rings (SSSR count). The predicted octanol–water partition coefficient (Wildman–Crippen LogP) is 1.48. The van der Waals surface area contributed by atoms with Gasteiger partial charge in [-0.05, 0) is 34.9 Å². The molecule has 1 aromatic rings. The first-order valence-electron chi connectivity index (χ1n) is 5.99. The van der Waals surface area contributed by atoms with Crippen molar-refractivity contribution in [2.24, 2.45) is 0 Å². The van der Waals surface area contributed by atoms with Crippen LogP contribution in [-0.4, -0.2) is 46.3 Å². The lowest BCUT2D eigenvalue weighted by Gasteiger charge is -2.19. The average molecular weight is 255 g/mol. The van der Waals surface area contributed by atoms with E-state index in [-0.39, 0.29) is 16.7 Å². The molecule has 0 saturated heterocycles. The van der Waals surface area contributed by atoms with Crippen LogP contribution in [0.5, 0.6) is 0 Å². The Bertz CT molecular complexity index is 427. The van der Waals surface area contributed by atoms with E-state index in [0.717, 1.165) is 6.54 Å². The van der Waals surface area contributed by atoms with Gasteiger partial charge < -0.3 is 10.2 Å². The number of nitrogens with zero attached hydrogens (tertiary/aromatic N) is 4. The van der Waals surface area contributed by atoms with Gasteiger partial charge in [-0.1, -0.05) is 0 Å². The van der Waals surface area contributed by atoms with Gasteiger partial charge in [-0.2, -0.15) is 5.10 Å². The van der Waals surface area contributed by atoms with E-state index in [1.165, 1.54) is 0 Å². The smallest absolute Gasteiger partial charge is 0.333 e. The van der Waals surface area contributed by atoms with Crippen LogP contribution in [0.15, 0.2) is 0 Å². The van der Waals surface area contributed by atoms with E-state index in [1.54, 1.807) is 11.6 Å². The molecule has 1 N–H and O–H groups in total. The number of aromatic nitrogens is 2. The highest BCUT2D eigenvalue weighted by Crippen LogP contribution is 2.28. The molecular weight excluding hydrogens is 234 g/mol. The summed E-state index contributed by atoms with van der Waals surface area (Å²) in [5.41, 5.74) is 0.517. The fourth-order valence-electron chi connectivity index (χ4n) is 1.99. The van der Waals surface area contributed by atoms with Crippen LogP contribution < -0.4 is 5.32 Å². The van der Waals surface area contributed by atoms with E-state index in [2.05, 4.69) is 10.4 Å². The molecule has 7 nitrogen and oxygen atoms in total. The van der Waals surface area contributed by atoms with Crippen LogP contribution in [0.1, 0.15) is 19.5 Å². The maximum atomic E-state index is 11.1. The van der Waals surface area contributed by atoms with Crippen LogP contribution in [0.25, 0.3) is 0 Å². The zero-order valence-corrected chi connectivity index (χ0v) is 11.6. The van der Waals surface area contributed by atoms with Gasteiger partial charge in [0.25, 0.3) is 0 Å². The second kappa shape index (κ2) is 5.81. The first kappa shape index (κ1) is 14.4. The molecule has 0 amide bonds. The van der Waals surface area contributed by atoms with Gasteiger partial charge in [0.15, 0.2) is 0 Å². The molecular formula is C11H21N5O2. The van der Waals surface area contributed by atoms with Crippen molar-refractivity contribution >= 4 is 11.5 Å². The summed E-state index contributed by atoms with van der Waals surface area (Å²) in [5.74, 6) is 0.495. The van der Waals surface area contributed by atoms with Gasteiger partial charge >= 0.3 is 5.69 Å². The molecule has 0 bridgehead atoms. The lowest BCUT2D eigenvalue weighted by molar-refractivity contribution is -0.384. The van der Waals surface area contributed by atoms with Gasteiger partial charge in [0.2, 0.25) is 5.82 Å². The lowest BCUT2D eigenvalue weighted by atomic mass is 10.3. The van der Waals surface area contributed by atoms with Crippen molar-refractivity contribution in [3.63, 3.8) is 0 Å². The van der Waals surface area contributed by atoms with E-state index in [9.17, 15) is 10.1 Å². The Balaban J connectivity index is 3.02. The van der Waals surface area contributed by atoms with Gasteiger partial charge in [-0.25, -0.2) is 4.68 Å². The van der Waals surface area contributed by atoms with Gasteiger partial charge in [0, 0.05) is 19.1 Å². The summed E-state index contributed by atoms with van der Waals surface area (Å²) < 4.78 is 1.64. The monoisotopic (exact) mass is 255 g/mol. The number of rotatable bonds is 6. The van der Waals surface area contributed by atoms with Gasteiger partial charge in [0.05, 0.1) is 4.92 Å². The number of aryl methyl sites for hydroxylation is 2. The molecule has 0 radical (unpaired) electrons. The summed E-state index contributed by atoms with van der Waals surface area (Å²) in [4.78, 5) is 12.7. The molecule has 0 saturated carbocycles. The minimum Gasteiger partial charge on any atom is -0.361 e. The Morgan fingerprint density at radius 2 is 2.17 bits per heavy atom. The number of hydrogen-bond donors (Lipinski definition) is 1. The van der Waals surface area contributed by atoms with Crippen LogP contribution >= 0.6 is 0 Å². The Hall–Kier alpha value is -1.63. The topological polar surface area (TPSA) is 76.2 Å². The fourth-order valence-corrected chi connectivity index (χ4v) is 1.99. The molecule has 1 atom stereocenters. The molecule has 0 aliphatic rings. The molecule has 0 spiro atoms. The molecule has 0 aromatic carbocycles. The van der Waals surface area contributed by atoms with E-state index >= 15 is 0 Å². The van der Waals surface area contributed by atoms with Crippen LogP contribution in [0.4, 0.5) is 11.5 Å². The minimum atomic E-state index is -0.376. The van der Waals surface area contributed by atoms with E-state index in [4.69, 9.17) is 0 Å². The Morgan fingerprint density at radius 1 is 1.56 bits per heavy atom. The molecule has 1 unspecified atom stereocenters. The van der Waals surface area contributed by atoms with Crippen molar-refractivity contribution in [1.29, 1.82) is 0 Å². The molecule has 1 heterocycles. The zero-order chi connectivity index (χ0) is 13.9. The molecule has 0 aliphatic carbocycles. The molecule has 1 aromatic heterocycles. The Morgan fingerprint density at radius 3 is 2.61 bits per heavy atom. The predicted molar refractivity (Wildman–Crippen MR) is 70.9 cm³/mol. The van der Waals surface area contributed by atoms with Crippen molar-refractivity contribution < 1.29 is 4.92 Å². The van der Waals surface area contributed by atoms with Crippen molar-refractivity contribution in [1.82, 2.24) is 14.7 Å². The van der Waals surface area contributed by atoms with Crippen LogP contribution in [0.3, 0.4) is 0 Å². The Kier molecular flexibility index (Phi) is 4.66. The van der Waals surface area contributed by atoms with Crippen molar-refractivity contribution in [2.75, 3.05) is 26.0 Å². The molecule has 0 aliphatic heterocycles. The average Bonchev–Trinajstić information content (AvgIpc) is 2.53. The second-order valence-electron chi connectivity index (χ2n) is 4.66. The molecule has 7 heteroatoms. The molecule has 0 fully saturated rings. The number of nitro groups is 1. The second-order valence-corrected chi connectivity index (χ2v) is 4.66. The highest BCUT2D eigenvalue weighted by molar-refractivity contribution is 5.60. The summed E-state index contributed by atoms with van der Waals surface area (Å²) in [6.07, 6.45) is 0. The van der Waals surface area contributed by atoms with Crippen molar-refractivity contribution in [3.8, 4) is 0 Å². The van der Waals surface area contributed by atoms with Crippen molar-refractivity contribution in [3.05, 3.63) is 15.8 Å². The zero-order valence-electron chi connectivity index (χ0n) is 11.6. The summed E-state index contributed by atoms with van der Waals surface area (Å²) >= 11 is 0. The molecule has 18 heavy (non-hydrogen) atoms. The van der Waals surface area contributed by atoms with E-state index < -0.39 is 0 Å². The normalized spacial score (nSPS) is 12.8. The van der Waals surface area contributed by atoms with Crippen LogP contribution in [-0.2, 0) is 6.54 Å². The third kappa shape index (κ3) is 3.19. The lowest BCUT2D eigenvalue weighted by Crippen LogP contribution is -2.30. The molecule has 102 valence electrons. The number of nitrogens with one attached hydrogen (secondary N) is 1. The SMILES string of the molecule is CCn1nc(C)c([N+](=O)[O-])c1NC(C)CN(C)C. The summed E-state index contributed by atoms with van der Waals surface area (Å²) in [5, 5.41) is 18.4. The standard InChI is InChI=1S/C11H21N5O2/c1-6-15-11(12-8(2)7-14(4)5)10(16(17)18)9(3)13-15/h8,12H,6-7H2,1-5H3. The minimum absolute atomic E-state index is 0.0717. The highest BCUT2D eigenvalue weighted by atomic mass is 16.6. The largest absolute Gasteiger partial charge is 0.361 e. The fraction of sp³-hybridized carbons (Fsp3) is 0.727. The quantitative estimate of drug-likeness (QED) is 0.615. The first-order valence-corrected chi connectivity index (χ1v) is 5.99. The Labute approximate surface area is 107 Å². The maximum absolute atomic E-state index is 11.1. The van der Waals surface area contributed by atoms with Gasteiger partial charge in [-0.15, -0.1) is 0 Å². The van der Waals surface area contributed by atoms with Crippen molar-refractivity contribution in [2.45, 2.75) is 33.4 Å². The first-order chi connectivity index (χ1) is 8.36. The van der Waals surface area contributed by atoms with Gasteiger partial charge in [-0.3, -0.25) is 10.1 Å². The summed E-state index contributed by atoms with van der Waals surface area (Å²) in [7, 11) is 3.93. The number of likely N-dealkylation sites (N-methyl/N-ethyl adjacent to an activating group) is 1. The van der Waals surface area contributed by atoms with E-state index in [0.29, 0.717) is 18.1 Å². The third-order valence-electron chi connectivity index (χ3n) is 2.60. The number of hydrogen-bond acceptors (Lipinski definition) is 5.